The first-order valence-electron chi connectivity index (χ1n) is 6.93. The fraction of sp³-hybridized carbons (Fsp3) is 0. The predicted octanol–water partition coefficient (Wildman–Crippen LogP) is 4.57. The van der Waals surface area contributed by atoms with Gasteiger partial charge in [0.05, 0.1) is 20.7 Å². The molecule has 0 aliphatic carbocycles. The van der Waals surface area contributed by atoms with Crippen molar-refractivity contribution in [3.63, 3.8) is 0 Å². The third-order valence-corrected chi connectivity index (χ3v) is 3.97. The van der Waals surface area contributed by atoms with Crippen LogP contribution < -0.4 is 10.6 Å². The summed E-state index contributed by atoms with van der Waals surface area (Å²) in [6, 6.07) is 8.23. The Kier molecular flexibility index (Phi) is 4.92. The molecule has 0 saturated carbocycles. The van der Waals surface area contributed by atoms with Crippen LogP contribution in [-0.2, 0) is 0 Å². The fourth-order valence-electron chi connectivity index (χ4n) is 2.03. The van der Waals surface area contributed by atoms with Gasteiger partial charge in [-0.1, -0.05) is 29.3 Å². The zero-order valence-electron chi connectivity index (χ0n) is 12.5. The molecule has 0 spiro atoms. The first-order chi connectivity index (χ1) is 12.1. The highest BCUT2D eigenvalue weighted by Gasteiger charge is 2.24. The Hall–Kier alpha value is -2.97. The van der Waals surface area contributed by atoms with E-state index in [4.69, 9.17) is 23.2 Å². The molecule has 0 radical (unpaired) electrons. The average molecular weight is 377 g/mol. The SMILES string of the molecule is O=[N+]([O-])c1c(Nc2ccncc2)ncnc1Nc1cccc(Cl)c1Cl. The minimum Gasteiger partial charge on any atom is -0.334 e. The first kappa shape index (κ1) is 16.9. The number of pyridine rings is 1. The molecule has 0 aliphatic rings. The molecule has 25 heavy (non-hydrogen) atoms. The van der Waals surface area contributed by atoms with E-state index < -0.39 is 4.92 Å². The second-order valence-corrected chi connectivity index (χ2v) is 5.55. The molecule has 0 bridgehead atoms. The number of hydrogen-bond donors (Lipinski definition) is 2. The summed E-state index contributed by atoms with van der Waals surface area (Å²) in [4.78, 5) is 22.8. The van der Waals surface area contributed by atoms with Gasteiger partial charge in [-0.05, 0) is 24.3 Å². The van der Waals surface area contributed by atoms with E-state index in [1.54, 1.807) is 42.7 Å². The van der Waals surface area contributed by atoms with Gasteiger partial charge in [0.25, 0.3) is 0 Å². The second-order valence-electron chi connectivity index (χ2n) is 4.76. The summed E-state index contributed by atoms with van der Waals surface area (Å²) in [7, 11) is 0. The molecule has 0 fully saturated rings. The minimum absolute atomic E-state index is 0.0132. The highest BCUT2D eigenvalue weighted by molar-refractivity contribution is 6.43. The van der Waals surface area contributed by atoms with Crippen LogP contribution in [-0.4, -0.2) is 19.9 Å². The number of hydrogen-bond acceptors (Lipinski definition) is 7. The third-order valence-electron chi connectivity index (χ3n) is 3.15. The molecule has 0 aliphatic heterocycles. The molecule has 3 rings (SSSR count). The zero-order chi connectivity index (χ0) is 17.8. The van der Waals surface area contributed by atoms with Crippen molar-refractivity contribution in [3.8, 4) is 0 Å². The molecule has 0 unspecified atom stereocenters. The Bertz CT molecular complexity index is 923. The van der Waals surface area contributed by atoms with Gasteiger partial charge in [0.15, 0.2) is 0 Å². The number of benzene rings is 1. The number of nitrogens with one attached hydrogen (secondary N) is 2. The van der Waals surface area contributed by atoms with Gasteiger partial charge in [0.1, 0.15) is 6.33 Å². The Balaban J connectivity index is 2.01. The van der Waals surface area contributed by atoms with Crippen LogP contribution in [0.5, 0.6) is 0 Å². The number of nitro groups is 1. The number of rotatable bonds is 5. The van der Waals surface area contributed by atoms with E-state index in [0.29, 0.717) is 16.4 Å². The Labute approximate surface area is 152 Å². The molecule has 126 valence electrons. The van der Waals surface area contributed by atoms with E-state index in [0.717, 1.165) is 0 Å². The lowest BCUT2D eigenvalue weighted by Gasteiger charge is -2.11. The molecule has 2 N–H and O–H groups in total. The predicted molar refractivity (Wildman–Crippen MR) is 96.0 cm³/mol. The van der Waals surface area contributed by atoms with E-state index in [1.807, 2.05) is 0 Å². The summed E-state index contributed by atoms with van der Waals surface area (Å²) in [6.45, 7) is 0. The van der Waals surface area contributed by atoms with Gasteiger partial charge < -0.3 is 10.6 Å². The van der Waals surface area contributed by atoms with E-state index >= 15 is 0 Å². The van der Waals surface area contributed by atoms with Crippen molar-refractivity contribution in [1.29, 1.82) is 0 Å². The van der Waals surface area contributed by atoms with Crippen molar-refractivity contribution in [2.24, 2.45) is 0 Å². The topological polar surface area (TPSA) is 106 Å². The third kappa shape index (κ3) is 3.76. The van der Waals surface area contributed by atoms with Crippen LogP contribution in [0.3, 0.4) is 0 Å². The quantitative estimate of drug-likeness (QED) is 0.495. The van der Waals surface area contributed by atoms with Crippen LogP contribution in [0.2, 0.25) is 10.0 Å². The molecule has 2 heterocycles. The lowest BCUT2D eigenvalue weighted by Crippen LogP contribution is -2.05. The van der Waals surface area contributed by atoms with Crippen LogP contribution in [0.15, 0.2) is 49.1 Å². The fourth-order valence-corrected chi connectivity index (χ4v) is 2.38. The molecule has 0 amide bonds. The molecule has 0 saturated heterocycles. The first-order valence-corrected chi connectivity index (χ1v) is 7.69. The average Bonchev–Trinajstić information content (AvgIpc) is 2.60. The molecule has 1 aromatic carbocycles. The van der Waals surface area contributed by atoms with Gasteiger partial charge in [-0.2, -0.15) is 0 Å². The van der Waals surface area contributed by atoms with E-state index in [1.165, 1.54) is 6.33 Å². The molecule has 10 heteroatoms. The molecular weight excluding hydrogens is 367 g/mol. The molecule has 0 atom stereocenters. The van der Waals surface area contributed by atoms with Gasteiger partial charge >= 0.3 is 5.69 Å². The van der Waals surface area contributed by atoms with Crippen LogP contribution in [0.4, 0.5) is 28.7 Å². The van der Waals surface area contributed by atoms with Crippen molar-refractivity contribution in [1.82, 2.24) is 15.0 Å². The second kappa shape index (κ2) is 7.29. The molecular formula is C15H10Cl2N6O2. The van der Waals surface area contributed by atoms with E-state index in [9.17, 15) is 10.1 Å². The van der Waals surface area contributed by atoms with Crippen molar-refractivity contribution in [2.75, 3.05) is 10.6 Å². The van der Waals surface area contributed by atoms with Crippen LogP contribution in [0.1, 0.15) is 0 Å². The van der Waals surface area contributed by atoms with E-state index in [-0.39, 0.29) is 22.3 Å². The normalized spacial score (nSPS) is 10.3. The van der Waals surface area contributed by atoms with E-state index in [2.05, 4.69) is 25.6 Å². The van der Waals surface area contributed by atoms with Crippen LogP contribution in [0.25, 0.3) is 0 Å². The summed E-state index contributed by atoms with van der Waals surface area (Å²) >= 11 is 12.1. The van der Waals surface area contributed by atoms with Gasteiger partial charge in [-0.3, -0.25) is 15.1 Å². The van der Waals surface area contributed by atoms with Gasteiger partial charge in [0, 0.05) is 18.1 Å². The summed E-state index contributed by atoms with van der Waals surface area (Å²) in [5.41, 5.74) is 0.671. The van der Waals surface area contributed by atoms with Crippen molar-refractivity contribution < 1.29 is 4.92 Å². The number of anilines is 4. The minimum atomic E-state index is -0.579. The standard InChI is InChI=1S/C15H10Cl2N6O2/c16-10-2-1-3-11(12(10)17)22-15-13(23(24)25)14(19-8-20-15)21-9-4-6-18-7-5-9/h1-8H,(H2,18,19,20,21,22). The maximum atomic E-state index is 11.5. The molecule has 8 nitrogen and oxygen atoms in total. The highest BCUT2D eigenvalue weighted by Crippen LogP contribution is 2.36. The summed E-state index contributed by atoms with van der Waals surface area (Å²) in [5, 5.41) is 17.8. The largest absolute Gasteiger partial charge is 0.353 e. The number of nitrogens with zero attached hydrogens (tertiary/aromatic N) is 4. The lowest BCUT2D eigenvalue weighted by molar-refractivity contribution is -0.383. The van der Waals surface area contributed by atoms with Crippen molar-refractivity contribution in [3.05, 3.63) is 69.2 Å². The van der Waals surface area contributed by atoms with Crippen molar-refractivity contribution in [2.45, 2.75) is 0 Å². The number of halogens is 2. The molecule has 3 aromatic rings. The van der Waals surface area contributed by atoms with Crippen molar-refractivity contribution >= 4 is 51.9 Å². The molecule has 2 aromatic heterocycles. The van der Waals surface area contributed by atoms with Crippen LogP contribution in [0, 0.1) is 10.1 Å². The lowest BCUT2D eigenvalue weighted by atomic mass is 10.3. The Morgan fingerprint density at radius 1 is 1.00 bits per heavy atom. The number of aromatic nitrogens is 3. The monoisotopic (exact) mass is 376 g/mol. The highest BCUT2D eigenvalue weighted by atomic mass is 35.5. The maximum Gasteiger partial charge on any atom is 0.353 e. The maximum absolute atomic E-state index is 11.5. The van der Waals surface area contributed by atoms with Gasteiger partial charge in [-0.25, -0.2) is 9.97 Å². The summed E-state index contributed by atoms with van der Waals surface area (Å²) < 4.78 is 0. The summed E-state index contributed by atoms with van der Waals surface area (Å²) in [6.07, 6.45) is 4.32. The van der Waals surface area contributed by atoms with Crippen LogP contribution >= 0.6 is 23.2 Å². The zero-order valence-corrected chi connectivity index (χ0v) is 14.0. The van der Waals surface area contributed by atoms with Gasteiger partial charge in [0.2, 0.25) is 11.6 Å². The Morgan fingerprint density at radius 2 is 1.68 bits per heavy atom. The van der Waals surface area contributed by atoms with Gasteiger partial charge in [-0.15, -0.1) is 0 Å². The summed E-state index contributed by atoms with van der Waals surface area (Å²) in [5.74, 6) is 0.0209. The Morgan fingerprint density at radius 3 is 2.36 bits per heavy atom. The smallest absolute Gasteiger partial charge is 0.334 e.